The first kappa shape index (κ1) is 12.3. The maximum Gasteiger partial charge on any atom is 0.235 e. The fraction of sp³-hybridized carbons (Fsp3) is 0.857. The largest absolute Gasteiger partial charge is 0.396 e. The van der Waals surface area contributed by atoms with Gasteiger partial charge in [0.1, 0.15) is 0 Å². The number of amides is 1. The lowest BCUT2D eigenvalue weighted by Gasteiger charge is -2.09. The van der Waals surface area contributed by atoms with E-state index in [2.05, 4.69) is 5.32 Å². The van der Waals surface area contributed by atoms with Crippen LogP contribution in [-0.4, -0.2) is 43.5 Å². The molecular formula is C7H17N3O3. The van der Waals surface area contributed by atoms with E-state index in [1.54, 1.807) is 0 Å². The first-order chi connectivity index (χ1) is 6.18. The Hall–Kier alpha value is -0.690. The molecule has 0 aromatic heterocycles. The second-order valence-corrected chi connectivity index (χ2v) is 2.59. The summed E-state index contributed by atoms with van der Waals surface area (Å²) in [7, 11) is 0. The zero-order valence-corrected chi connectivity index (χ0v) is 7.53. The predicted octanol–water partition coefficient (Wildman–Crippen LogP) is -2.25. The summed E-state index contributed by atoms with van der Waals surface area (Å²) in [6, 6.07) is -0.679. The Bertz CT molecular complexity index is 143. The van der Waals surface area contributed by atoms with Crippen LogP contribution in [-0.2, 0) is 9.53 Å². The fourth-order valence-electron chi connectivity index (χ4n) is 0.626. The van der Waals surface area contributed by atoms with Crippen molar-refractivity contribution in [3.05, 3.63) is 0 Å². The van der Waals surface area contributed by atoms with Crippen molar-refractivity contribution in [3.63, 3.8) is 0 Å². The highest BCUT2D eigenvalue weighted by molar-refractivity contribution is 5.79. The highest BCUT2D eigenvalue weighted by Crippen LogP contribution is 1.79. The Kier molecular flexibility index (Phi) is 7.51. The van der Waals surface area contributed by atoms with E-state index < -0.39 is 11.9 Å². The number of carbonyl (C=O) groups is 1. The number of aliphatic hydroxyl groups excluding tert-OH is 1. The summed E-state index contributed by atoms with van der Waals surface area (Å²) in [6.07, 6.45) is 0.601. The SMILES string of the molecule is NC(=O)C(N)CNCOCCCO. The number of nitrogens with two attached hydrogens (primary N) is 2. The number of rotatable bonds is 8. The monoisotopic (exact) mass is 191 g/mol. The maximum atomic E-state index is 10.4. The van der Waals surface area contributed by atoms with Crippen molar-refractivity contribution in [2.75, 3.05) is 26.5 Å². The summed E-state index contributed by atoms with van der Waals surface area (Å²) in [5.41, 5.74) is 10.2. The first-order valence-corrected chi connectivity index (χ1v) is 4.12. The van der Waals surface area contributed by atoms with Crippen LogP contribution in [0.2, 0.25) is 0 Å². The molecule has 13 heavy (non-hydrogen) atoms. The van der Waals surface area contributed by atoms with E-state index in [-0.39, 0.29) is 6.61 Å². The van der Waals surface area contributed by atoms with Crippen LogP contribution in [0.3, 0.4) is 0 Å². The van der Waals surface area contributed by atoms with Crippen LogP contribution in [0.25, 0.3) is 0 Å². The quantitative estimate of drug-likeness (QED) is 0.256. The molecule has 0 rings (SSSR count). The Labute approximate surface area is 77.2 Å². The number of primary amides is 1. The van der Waals surface area contributed by atoms with E-state index in [1.165, 1.54) is 0 Å². The van der Waals surface area contributed by atoms with Gasteiger partial charge in [-0.2, -0.15) is 0 Å². The first-order valence-electron chi connectivity index (χ1n) is 4.12. The van der Waals surface area contributed by atoms with Crippen LogP contribution in [0, 0.1) is 0 Å². The molecule has 0 aromatic carbocycles. The molecular weight excluding hydrogens is 174 g/mol. The maximum absolute atomic E-state index is 10.4. The van der Waals surface area contributed by atoms with E-state index in [9.17, 15) is 4.79 Å². The van der Waals surface area contributed by atoms with Gasteiger partial charge < -0.3 is 21.3 Å². The normalized spacial score (nSPS) is 12.8. The van der Waals surface area contributed by atoms with Crippen molar-refractivity contribution < 1.29 is 14.6 Å². The van der Waals surface area contributed by atoms with Gasteiger partial charge in [0, 0.05) is 13.2 Å². The van der Waals surface area contributed by atoms with Crippen LogP contribution in [0.15, 0.2) is 0 Å². The molecule has 6 nitrogen and oxygen atoms in total. The summed E-state index contributed by atoms with van der Waals surface area (Å²) in [5.74, 6) is -0.539. The second kappa shape index (κ2) is 7.93. The molecule has 6 heteroatoms. The minimum Gasteiger partial charge on any atom is -0.396 e. The van der Waals surface area contributed by atoms with Crippen LogP contribution in [0.4, 0.5) is 0 Å². The third kappa shape index (κ3) is 7.66. The Morgan fingerprint density at radius 3 is 2.85 bits per heavy atom. The van der Waals surface area contributed by atoms with Crippen molar-refractivity contribution in [1.82, 2.24) is 5.32 Å². The number of hydrogen-bond acceptors (Lipinski definition) is 5. The average Bonchev–Trinajstić information content (AvgIpc) is 2.10. The molecule has 78 valence electrons. The van der Waals surface area contributed by atoms with Gasteiger partial charge in [-0.15, -0.1) is 0 Å². The number of ether oxygens (including phenoxy) is 1. The minimum absolute atomic E-state index is 0.112. The van der Waals surface area contributed by atoms with Crippen molar-refractivity contribution in [3.8, 4) is 0 Å². The molecule has 0 radical (unpaired) electrons. The lowest BCUT2D eigenvalue weighted by atomic mass is 10.3. The standard InChI is InChI=1S/C7H17N3O3/c8-6(7(9)12)4-10-5-13-3-1-2-11/h6,10-11H,1-5,8H2,(H2,9,12). The Balaban J connectivity index is 3.11. The third-order valence-electron chi connectivity index (χ3n) is 1.38. The van der Waals surface area contributed by atoms with Crippen molar-refractivity contribution in [2.45, 2.75) is 12.5 Å². The van der Waals surface area contributed by atoms with Gasteiger partial charge in [-0.1, -0.05) is 0 Å². The lowest BCUT2D eigenvalue weighted by Crippen LogP contribution is -2.44. The zero-order valence-electron chi connectivity index (χ0n) is 7.53. The molecule has 1 amide bonds. The van der Waals surface area contributed by atoms with Crippen LogP contribution < -0.4 is 16.8 Å². The fourth-order valence-corrected chi connectivity index (χ4v) is 0.626. The molecule has 6 N–H and O–H groups in total. The smallest absolute Gasteiger partial charge is 0.235 e. The van der Waals surface area contributed by atoms with Gasteiger partial charge in [0.2, 0.25) is 5.91 Å². The van der Waals surface area contributed by atoms with Gasteiger partial charge in [0.25, 0.3) is 0 Å². The van der Waals surface area contributed by atoms with E-state index in [0.717, 1.165) is 0 Å². The van der Waals surface area contributed by atoms with Crippen LogP contribution in [0.5, 0.6) is 0 Å². The third-order valence-corrected chi connectivity index (χ3v) is 1.38. The van der Waals surface area contributed by atoms with Gasteiger partial charge in [-0.3, -0.25) is 10.1 Å². The molecule has 0 aromatic rings. The van der Waals surface area contributed by atoms with Gasteiger partial charge in [-0.25, -0.2) is 0 Å². The number of hydrogen-bond donors (Lipinski definition) is 4. The second-order valence-electron chi connectivity index (χ2n) is 2.59. The number of nitrogens with one attached hydrogen (secondary N) is 1. The van der Waals surface area contributed by atoms with E-state index in [4.69, 9.17) is 21.3 Å². The van der Waals surface area contributed by atoms with Crippen molar-refractivity contribution in [1.29, 1.82) is 0 Å². The molecule has 0 fully saturated rings. The summed E-state index contributed by atoms with van der Waals surface area (Å²) in [5, 5.41) is 11.2. The van der Waals surface area contributed by atoms with Gasteiger partial charge >= 0.3 is 0 Å². The highest BCUT2D eigenvalue weighted by atomic mass is 16.5. The number of carbonyl (C=O) groups excluding carboxylic acids is 1. The Morgan fingerprint density at radius 1 is 1.62 bits per heavy atom. The van der Waals surface area contributed by atoms with E-state index in [0.29, 0.717) is 26.3 Å². The summed E-state index contributed by atoms with van der Waals surface area (Å²) < 4.78 is 5.03. The Morgan fingerprint density at radius 2 is 2.31 bits per heavy atom. The van der Waals surface area contributed by atoms with E-state index >= 15 is 0 Å². The van der Waals surface area contributed by atoms with Crippen molar-refractivity contribution in [2.24, 2.45) is 11.5 Å². The summed E-state index contributed by atoms with van der Waals surface area (Å²) in [6.45, 7) is 1.20. The average molecular weight is 191 g/mol. The topological polar surface area (TPSA) is 111 Å². The zero-order chi connectivity index (χ0) is 10.1. The molecule has 0 aliphatic rings. The molecule has 0 saturated carbocycles. The van der Waals surface area contributed by atoms with Crippen molar-refractivity contribution >= 4 is 5.91 Å². The summed E-state index contributed by atoms with van der Waals surface area (Å²) >= 11 is 0. The van der Waals surface area contributed by atoms with E-state index in [1.807, 2.05) is 0 Å². The van der Waals surface area contributed by atoms with Crippen LogP contribution in [0.1, 0.15) is 6.42 Å². The molecule has 0 bridgehead atoms. The molecule has 0 heterocycles. The molecule has 0 aliphatic carbocycles. The molecule has 0 aliphatic heterocycles. The molecule has 0 spiro atoms. The highest BCUT2D eigenvalue weighted by Gasteiger charge is 2.06. The minimum atomic E-state index is -0.679. The van der Waals surface area contributed by atoms with Crippen LogP contribution >= 0.6 is 0 Å². The summed E-state index contributed by atoms with van der Waals surface area (Å²) in [4.78, 5) is 10.4. The van der Waals surface area contributed by atoms with Gasteiger partial charge in [0.05, 0.1) is 19.4 Å². The lowest BCUT2D eigenvalue weighted by molar-refractivity contribution is -0.119. The molecule has 1 unspecified atom stereocenters. The van der Waals surface area contributed by atoms with Gasteiger partial charge in [-0.05, 0) is 6.42 Å². The molecule has 1 atom stereocenters. The molecule has 0 saturated heterocycles. The number of aliphatic hydroxyl groups is 1. The van der Waals surface area contributed by atoms with Gasteiger partial charge in [0.15, 0.2) is 0 Å². The predicted molar refractivity (Wildman–Crippen MR) is 47.7 cm³/mol.